The smallest absolute Gasteiger partial charge is 0.302 e. The SMILES string of the molecule is O=CC1CNS(=O)(=O)N1c1c(OCc2ccccc2)cc2ccc(OCCCCO)cc2c1F. The third-order valence-electron chi connectivity index (χ3n) is 5.46. The van der Waals surface area contributed by atoms with E-state index in [-0.39, 0.29) is 36.6 Å². The van der Waals surface area contributed by atoms with Gasteiger partial charge in [0.25, 0.3) is 0 Å². The number of fused-ring (bicyclic) bond motifs is 1. The predicted molar refractivity (Wildman–Crippen MR) is 126 cm³/mol. The van der Waals surface area contributed by atoms with Crippen LogP contribution in [0.3, 0.4) is 0 Å². The molecule has 180 valence electrons. The monoisotopic (exact) mass is 488 g/mol. The number of aliphatic hydroxyl groups excluding tert-OH is 1. The Labute approximate surface area is 197 Å². The Hall–Kier alpha value is -3.21. The summed E-state index contributed by atoms with van der Waals surface area (Å²) < 4.78 is 55.9. The largest absolute Gasteiger partial charge is 0.494 e. The fourth-order valence-corrected chi connectivity index (χ4v) is 5.16. The van der Waals surface area contributed by atoms with Gasteiger partial charge in [0, 0.05) is 18.5 Å². The van der Waals surface area contributed by atoms with Crippen molar-refractivity contribution >= 4 is 33.0 Å². The number of hydrogen-bond acceptors (Lipinski definition) is 6. The summed E-state index contributed by atoms with van der Waals surface area (Å²) in [7, 11) is -4.15. The van der Waals surface area contributed by atoms with Crippen molar-refractivity contribution in [3.8, 4) is 11.5 Å². The van der Waals surface area contributed by atoms with Crippen LogP contribution in [0.25, 0.3) is 10.8 Å². The molecule has 34 heavy (non-hydrogen) atoms. The molecule has 0 aliphatic carbocycles. The van der Waals surface area contributed by atoms with Crippen LogP contribution in [0.1, 0.15) is 18.4 Å². The van der Waals surface area contributed by atoms with Crippen LogP contribution in [0.5, 0.6) is 11.5 Å². The van der Waals surface area contributed by atoms with E-state index in [0.29, 0.717) is 36.9 Å². The van der Waals surface area contributed by atoms with Gasteiger partial charge in [-0.05, 0) is 42.0 Å². The molecule has 1 aliphatic rings. The number of hydrogen-bond donors (Lipinski definition) is 2. The molecule has 3 aromatic rings. The van der Waals surface area contributed by atoms with Crippen LogP contribution in [0.2, 0.25) is 0 Å². The summed E-state index contributed by atoms with van der Waals surface area (Å²) in [6.07, 6.45) is 1.68. The quantitative estimate of drug-likeness (QED) is 0.336. The van der Waals surface area contributed by atoms with Crippen LogP contribution in [-0.4, -0.2) is 45.6 Å². The summed E-state index contributed by atoms with van der Waals surface area (Å²) in [5.41, 5.74) is 0.484. The molecular formula is C24H25FN2O6S. The number of ether oxygens (including phenoxy) is 2. The number of halogens is 1. The molecule has 1 fully saturated rings. The first kappa shape index (κ1) is 23.9. The second-order valence-electron chi connectivity index (χ2n) is 7.83. The lowest BCUT2D eigenvalue weighted by atomic mass is 10.1. The van der Waals surface area contributed by atoms with Gasteiger partial charge in [-0.3, -0.25) is 0 Å². The van der Waals surface area contributed by atoms with Crippen LogP contribution < -0.4 is 18.5 Å². The van der Waals surface area contributed by atoms with Crippen molar-refractivity contribution in [1.82, 2.24) is 4.72 Å². The van der Waals surface area contributed by atoms with Crippen molar-refractivity contribution in [2.45, 2.75) is 25.5 Å². The van der Waals surface area contributed by atoms with E-state index >= 15 is 4.39 Å². The fourth-order valence-electron chi connectivity index (χ4n) is 3.75. The number of nitrogens with one attached hydrogen (secondary N) is 1. The highest BCUT2D eigenvalue weighted by atomic mass is 32.2. The summed E-state index contributed by atoms with van der Waals surface area (Å²) in [4.78, 5) is 11.6. The molecule has 2 N–H and O–H groups in total. The highest BCUT2D eigenvalue weighted by Crippen LogP contribution is 2.41. The van der Waals surface area contributed by atoms with Crippen LogP contribution in [0.15, 0.2) is 54.6 Å². The van der Waals surface area contributed by atoms with E-state index in [1.165, 1.54) is 6.07 Å². The zero-order valence-electron chi connectivity index (χ0n) is 18.3. The van der Waals surface area contributed by atoms with Crippen LogP contribution in [0, 0.1) is 5.82 Å². The number of carbonyl (C=O) groups excluding carboxylic acids is 1. The number of benzene rings is 3. The summed E-state index contributed by atoms with van der Waals surface area (Å²) in [5, 5.41) is 9.52. The Morgan fingerprint density at radius 2 is 1.91 bits per heavy atom. The maximum Gasteiger partial charge on any atom is 0.302 e. The summed E-state index contributed by atoms with van der Waals surface area (Å²) in [6.45, 7) is 0.310. The van der Waals surface area contributed by atoms with Gasteiger partial charge >= 0.3 is 10.2 Å². The molecule has 0 spiro atoms. The normalized spacial score (nSPS) is 17.1. The number of aldehydes is 1. The number of aliphatic hydroxyl groups is 1. The molecule has 10 heteroatoms. The van der Waals surface area contributed by atoms with E-state index in [4.69, 9.17) is 14.6 Å². The van der Waals surface area contributed by atoms with Gasteiger partial charge in [-0.2, -0.15) is 13.1 Å². The number of carbonyl (C=O) groups is 1. The Bertz CT molecular complexity index is 1270. The van der Waals surface area contributed by atoms with Gasteiger partial charge in [-0.25, -0.2) is 8.70 Å². The standard InChI is InChI=1S/C24H25FN2O6S/c25-23-21-13-20(32-11-5-4-10-28)9-8-18(21)12-22(33-16-17-6-2-1-3-7-17)24(23)27-19(15-29)14-26-34(27,30)31/h1-3,6-9,12-13,15,19,26,28H,4-5,10-11,14,16H2. The molecule has 0 saturated carbocycles. The van der Waals surface area contributed by atoms with Crippen molar-refractivity contribution < 1.29 is 32.2 Å². The molecular weight excluding hydrogens is 463 g/mol. The molecule has 8 nitrogen and oxygen atoms in total. The first-order valence-corrected chi connectivity index (χ1v) is 12.3. The number of nitrogens with zero attached hydrogens (tertiary/aromatic N) is 1. The van der Waals surface area contributed by atoms with Crippen molar-refractivity contribution in [1.29, 1.82) is 0 Å². The van der Waals surface area contributed by atoms with E-state index in [1.807, 2.05) is 30.3 Å². The fraction of sp³-hybridized carbons (Fsp3) is 0.292. The molecule has 1 atom stereocenters. The Balaban J connectivity index is 1.78. The van der Waals surface area contributed by atoms with Gasteiger partial charge in [0.1, 0.15) is 36.1 Å². The summed E-state index contributed by atoms with van der Waals surface area (Å²) >= 11 is 0. The van der Waals surface area contributed by atoms with Crippen LogP contribution >= 0.6 is 0 Å². The zero-order valence-corrected chi connectivity index (χ0v) is 19.1. The average molecular weight is 489 g/mol. The van der Waals surface area contributed by atoms with Gasteiger partial charge < -0.3 is 19.4 Å². The molecule has 1 unspecified atom stereocenters. The van der Waals surface area contributed by atoms with Crippen LogP contribution in [-0.2, 0) is 21.6 Å². The lowest BCUT2D eigenvalue weighted by Crippen LogP contribution is -2.36. The number of unbranched alkanes of at least 4 members (excludes halogenated alkanes) is 1. The molecule has 1 saturated heterocycles. The van der Waals surface area contributed by atoms with Crippen molar-refractivity contribution in [2.75, 3.05) is 24.1 Å². The topological polar surface area (TPSA) is 105 Å². The van der Waals surface area contributed by atoms with E-state index in [2.05, 4.69) is 4.72 Å². The van der Waals surface area contributed by atoms with Gasteiger partial charge in [0.2, 0.25) is 0 Å². The zero-order chi connectivity index (χ0) is 24.1. The van der Waals surface area contributed by atoms with Gasteiger partial charge in [-0.1, -0.05) is 36.4 Å². The third-order valence-corrected chi connectivity index (χ3v) is 6.96. The second kappa shape index (κ2) is 10.4. The molecule has 0 bridgehead atoms. The van der Waals surface area contributed by atoms with Crippen molar-refractivity contribution in [3.05, 3.63) is 66.0 Å². The van der Waals surface area contributed by atoms with Gasteiger partial charge in [0.05, 0.1) is 6.61 Å². The van der Waals surface area contributed by atoms with Crippen LogP contribution in [0.4, 0.5) is 10.1 Å². The predicted octanol–water partition coefficient (Wildman–Crippen LogP) is 2.93. The first-order chi connectivity index (χ1) is 16.4. The van der Waals surface area contributed by atoms with Crippen molar-refractivity contribution in [2.24, 2.45) is 0 Å². The summed E-state index contributed by atoms with van der Waals surface area (Å²) in [6, 6.07) is 14.5. The summed E-state index contributed by atoms with van der Waals surface area (Å²) in [5.74, 6) is -0.423. The van der Waals surface area contributed by atoms with Crippen molar-refractivity contribution in [3.63, 3.8) is 0 Å². The van der Waals surface area contributed by atoms with E-state index in [9.17, 15) is 13.2 Å². The molecule has 3 aromatic carbocycles. The highest BCUT2D eigenvalue weighted by Gasteiger charge is 2.41. The molecule has 0 amide bonds. The molecule has 0 radical (unpaired) electrons. The van der Waals surface area contributed by atoms with Gasteiger partial charge in [-0.15, -0.1) is 0 Å². The lowest BCUT2D eigenvalue weighted by molar-refractivity contribution is -0.108. The first-order valence-electron chi connectivity index (χ1n) is 10.9. The molecule has 0 aromatic heterocycles. The highest BCUT2D eigenvalue weighted by molar-refractivity contribution is 7.91. The lowest BCUT2D eigenvalue weighted by Gasteiger charge is -2.24. The molecule has 4 rings (SSSR count). The molecule has 1 heterocycles. The number of rotatable bonds is 10. The Morgan fingerprint density at radius 1 is 1.12 bits per heavy atom. The maximum atomic E-state index is 16.0. The number of anilines is 1. The van der Waals surface area contributed by atoms with Gasteiger partial charge in [0.15, 0.2) is 5.82 Å². The third kappa shape index (κ3) is 4.98. The minimum Gasteiger partial charge on any atom is -0.494 e. The Morgan fingerprint density at radius 3 is 2.65 bits per heavy atom. The maximum absolute atomic E-state index is 16.0. The second-order valence-corrected chi connectivity index (χ2v) is 9.46. The average Bonchev–Trinajstić information content (AvgIpc) is 3.15. The molecule has 1 aliphatic heterocycles. The van der Waals surface area contributed by atoms with E-state index in [1.54, 1.807) is 18.2 Å². The van der Waals surface area contributed by atoms with E-state index in [0.717, 1.165) is 9.87 Å². The van der Waals surface area contributed by atoms with E-state index < -0.39 is 22.1 Å². The minimum atomic E-state index is -4.15. The minimum absolute atomic E-state index is 0.00425. The Kier molecular flexibility index (Phi) is 7.30.